The zero-order chi connectivity index (χ0) is 16.3. The molecule has 2 rings (SSSR count). The Balaban J connectivity index is 1.95. The molecule has 0 unspecified atom stereocenters. The number of nitrogens with zero attached hydrogens (tertiary/aromatic N) is 2. The van der Waals surface area contributed by atoms with E-state index in [1.165, 1.54) is 0 Å². The highest BCUT2D eigenvalue weighted by Gasteiger charge is 2.14. The molecule has 1 amide bonds. The number of amides is 1. The van der Waals surface area contributed by atoms with Gasteiger partial charge in [0.2, 0.25) is 0 Å². The van der Waals surface area contributed by atoms with Crippen LogP contribution >= 0.6 is 0 Å². The van der Waals surface area contributed by atoms with Gasteiger partial charge in [0, 0.05) is 13.1 Å². The minimum Gasteiger partial charge on any atom is -0.452 e. The van der Waals surface area contributed by atoms with E-state index in [0.717, 1.165) is 16.8 Å². The van der Waals surface area contributed by atoms with Crippen LogP contribution in [0.1, 0.15) is 27.2 Å². The molecular formula is C16H19N3O3. The molecule has 1 aromatic heterocycles. The fraction of sp³-hybridized carbons (Fsp3) is 0.312. The summed E-state index contributed by atoms with van der Waals surface area (Å²) in [6, 6.07) is 7.26. The minimum absolute atomic E-state index is 0.337. The van der Waals surface area contributed by atoms with Gasteiger partial charge in [-0.1, -0.05) is 17.7 Å². The van der Waals surface area contributed by atoms with Crippen LogP contribution in [0.2, 0.25) is 0 Å². The van der Waals surface area contributed by atoms with Crippen molar-refractivity contribution in [3.8, 4) is 0 Å². The molecule has 0 radical (unpaired) electrons. The third kappa shape index (κ3) is 3.72. The number of aromatic nitrogens is 2. The number of hydrogen-bond acceptors (Lipinski definition) is 4. The maximum Gasteiger partial charge on any atom is 0.338 e. The highest BCUT2D eigenvalue weighted by molar-refractivity contribution is 5.95. The number of rotatable bonds is 4. The van der Waals surface area contributed by atoms with E-state index >= 15 is 0 Å². The van der Waals surface area contributed by atoms with Crippen LogP contribution in [0, 0.1) is 20.8 Å². The molecule has 6 heteroatoms. The summed E-state index contributed by atoms with van der Waals surface area (Å²) in [5, 5.41) is 6.77. The van der Waals surface area contributed by atoms with Gasteiger partial charge in [0.05, 0.1) is 11.3 Å². The second kappa shape index (κ2) is 6.43. The number of anilines is 1. The number of carbonyl (C=O) groups is 2. The third-order valence-electron chi connectivity index (χ3n) is 3.22. The molecular weight excluding hydrogens is 282 g/mol. The van der Waals surface area contributed by atoms with Gasteiger partial charge in [0.15, 0.2) is 6.61 Å². The standard InChI is InChI=1S/C16H19N3O3/c1-10-5-6-11(2)13(7-10)16(21)22-9-15(20)17-14-8-12(3)18-19(14)4/h5-8H,9H2,1-4H3,(H,17,20). The Hall–Kier alpha value is -2.63. The zero-order valence-electron chi connectivity index (χ0n) is 13.1. The normalized spacial score (nSPS) is 10.4. The molecule has 2 aromatic rings. The lowest BCUT2D eigenvalue weighted by Crippen LogP contribution is -2.22. The monoisotopic (exact) mass is 301 g/mol. The molecule has 0 aliphatic rings. The fourth-order valence-corrected chi connectivity index (χ4v) is 2.07. The van der Waals surface area contributed by atoms with E-state index in [0.29, 0.717) is 11.4 Å². The molecule has 0 saturated carbocycles. The lowest BCUT2D eigenvalue weighted by Gasteiger charge is -2.08. The maximum atomic E-state index is 12.0. The van der Waals surface area contributed by atoms with Gasteiger partial charge in [-0.2, -0.15) is 5.10 Å². The predicted octanol–water partition coefficient (Wildman–Crippen LogP) is 2.14. The Bertz CT molecular complexity index is 719. The number of carbonyl (C=O) groups excluding carboxylic acids is 2. The molecule has 0 bridgehead atoms. The van der Waals surface area contributed by atoms with Crippen LogP contribution in [-0.2, 0) is 16.6 Å². The summed E-state index contributed by atoms with van der Waals surface area (Å²) in [6.45, 7) is 5.22. The molecule has 0 aliphatic carbocycles. The first kappa shape index (κ1) is 15.8. The van der Waals surface area contributed by atoms with Gasteiger partial charge in [-0.25, -0.2) is 4.79 Å². The van der Waals surface area contributed by atoms with Gasteiger partial charge in [-0.15, -0.1) is 0 Å². The number of benzene rings is 1. The van der Waals surface area contributed by atoms with Crippen molar-refractivity contribution in [2.45, 2.75) is 20.8 Å². The van der Waals surface area contributed by atoms with Crippen LogP contribution < -0.4 is 5.32 Å². The van der Waals surface area contributed by atoms with E-state index in [4.69, 9.17) is 4.74 Å². The van der Waals surface area contributed by atoms with Crippen LogP contribution in [0.25, 0.3) is 0 Å². The van der Waals surface area contributed by atoms with E-state index in [2.05, 4.69) is 10.4 Å². The molecule has 1 heterocycles. The van der Waals surface area contributed by atoms with Crippen molar-refractivity contribution in [3.05, 3.63) is 46.6 Å². The van der Waals surface area contributed by atoms with Crippen molar-refractivity contribution in [2.75, 3.05) is 11.9 Å². The molecule has 6 nitrogen and oxygen atoms in total. The quantitative estimate of drug-likeness (QED) is 0.878. The lowest BCUT2D eigenvalue weighted by atomic mass is 10.1. The van der Waals surface area contributed by atoms with Crippen molar-refractivity contribution < 1.29 is 14.3 Å². The summed E-state index contributed by atoms with van der Waals surface area (Å²) in [6.07, 6.45) is 0. The summed E-state index contributed by atoms with van der Waals surface area (Å²) >= 11 is 0. The largest absolute Gasteiger partial charge is 0.452 e. The van der Waals surface area contributed by atoms with Crippen molar-refractivity contribution in [1.29, 1.82) is 0 Å². The highest BCUT2D eigenvalue weighted by Crippen LogP contribution is 2.12. The summed E-state index contributed by atoms with van der Waals surface area (Å²) < 4.78 is 6.62. The third-order valence-corrected chi connectivity index (χ3v) is 3.22. The van der Waals surface area contributed by atoms with E-state index in [9.17, 15) is 9.59 Å². The fourth-order valence-electron chi connectivity index (χ4n) is 2.07. The van der Waals surface area contributed by atoms with Crippen molar-refractivity contribution in [2.24, 2.45) is 7.05 Å². The average molecular weight is 301 g/mol. The topological polar surface area (TPSA) is 73.2 Å². The molecule has 116 valence electrons. The first-order valence-corrected chi connectivity index (χ1v) is 6.91. The Morgan fingerprint density at radius 3 is 2.59 bits per heavy atom. The van der Waals surface area contributed by atoms with E-state index in [1.807, 2.05) is 32.9 Å². The number of esters is 1. The first-order valence-electron chi connectivity index (χ1n) is 6.91. The Kier molecular flexibility index (Phi) is 4.60. The highest BCUT2D eigenvalue weighted by atomic mass is 16.5. The molecule has 0 spiro atoms. The zero-order valence-corrected chi connectivity index (χ0v) is 13.1. The second-order valence-corrected chi connectivity index (χ2v) is 5.24. The summed E-state index contributed by atoms with van der Waals surface area (Å²) in [5.74, 6) is -0.343. The molecule has 0 aliphatic heterocycles. The summed E-state index contributed by atoms with van der Waals surface area (Å²) in [5.41, 5.74) is 3.06. The van der Waals surface area contributed by atoms with E-state index in [1.54, 1.807) is 23.9 Å². The number of ether oxygens (including phenoxy) is 1. The SMILES string of the molecule is Cc1ccc(C)c(C(=O)OCC(=O)Nc2cc(C)nn2C)c1. The van der Waals surface area contributed by atoms with Gasteiger partial charge >= 0.3 is 5.97 Å². The van der Waals surface area contributed by atoms with Gasteiger partial charge in [0.1, 0.15) is 5.82 Å². The van der Waals surface area contributed by atoms with Crippen molar-refractivity contribution in [1.82, 2.24) is 9.78 Å². The summed E-state index contributed by atoms with van der Waals surface area (Å²) in [7, 11) is 1.73. The van der Waals surface area contributed by atoms with Gasteiger partial charge in [-0.05, 0) is 32.4 Å². The number of nitrogens with one attached hydrogen (secondary N) is 1. The number of aryl methyl sites for hydroxylation is 4. The Morgan fingerprint density at radius 2 is 1.95 bits per heavy atom. The van der Waals surface area contributed by atoms with Crippen LogP contribution in [0.15, 0.2) is 24.3 Å². The summed E-state index contributed by atoms with van der Waals surface area (Å²) in [4.78, 5) is 23.9. The van der Waals surface area contributed by atoms with Crippen molar-refractivity contribution >= 4 is 17.7 Å². The van der Waals surface area contributed by atoms with Gasteiger partial charge in [0.25, 0.3) is 5.91 Å². The molecule has 0 fully saturated rings. The Morgan fingerprint density at radius 1 is 1.23 bits per heavy atom. The molecule has 0 saturated heterocycles. The van der Waals surface area contributed by atoms with Crippen LogP contribution in [0.3, 0.4) is 0 Å². The maximum absolute atomic E-state index is 12.0. The smallest absolute Gasteiger partial charge is 0.338 e. The second-order valence-electron chi connectivity index (χ2n) is 5.24. The van der Waals surface area contributed by atoms with Crippen LogP contribution in [0.5, 0.6) is 0 Å². The van der Waals surface area contributed by atoms with Crippen LogP contribution in [0.4, 0.5) is 5.82 Å². The van der Waals surface area contributed by atoms with Gasteiger partial charge < -0.3 is 10.1 Å². The van der Waals surface area contributed by atoms with E-state index in [-0.39, 0.29) is 6.61 Å². The minimum atomic E-state index is -0.502. The first-order chi connectivity index (χ1) is 10.4. The van der Waals surface area contributed by atoms with Gasteiger partial charge in [-0.3, -0.25) is 9.48 Å². The van der Waals surface area contributed by atoms with Crippen LogP contribution in [-0.4, -0.2) is 28.3 Å². The molecule has 1 N–H and O–H groups in total. The van der Waals surface area contributed by atoms with Crippen molar-refractivity contribution in [3.63, 3.8) is 0 Å². The lowest BCUT2D eigenvalue weighted by molar-refractivity contribution is -0.119. The molecule has 0 atom stereocenters. The van der Waals surface area contributed by atoms with E-state index < -0.39 is 11.9 Å². The number of hydrogen-bond donors (Lipinski definition) is 1. The molecule has 22 heavy (non-hydrogen) atoms. The Labute approximate surface area is 129 Å². The average Bonchev–Trinajstić information content (AvgIpc) is 2.77. The molecule has 1 aromatic carbocycles. The predicted molar refractivity (Wildman–Crippen MR) is 82.8 cm³/mol.